The molecule has 1 aromatic carbocycles. The van der Waals surface area contributed by atoms with Crippen LogP contribution in [0.4, 0.5) is 0 Å². The fraction of sp³-hybridized carbons (Fsp3) is 0.600. The summed E-state index contributed by atoms with van der Waals surface area (Å²) in [6.07, 6.45) is 5.10. The first-order chi connectivity index (χ1) is 8.69. The van der Waals surface area contributed by atoms with Crippen molar-refractivity contribution >= 4 is 11.6 Å². The molecule has 98 valence electrons. The van der Waals surface area contributed by atoms with E-state index in [1.807, 2.05) is 24.3 Å². The van der Waals surface area contributed by atoms with Gasteiger partial charge < -0.3 is 9.84 Å². The summed E-state index contributed by atoms with van der Waals surface area (Å²) >= 11 is 5.99. The van der Waals surface area contributed by atoms with Crippen LogP contribution in [0.5, 0.6) is 0 Å². The van der Waals surface area contributed by atoms with E-state index in [1.54, 1.807) is 0 Å². The number of hydrogen-bond acceptors (Lipinski definition) is 2. The van der Waals surface area contributed by atoms with Crippen molar-refractivity contribution in [3.8, 4) is 0 Å². The van der Waals surface area contributed by atoms with Crippen LogP contribution in [0.3, 0.4) is 0 Å². The van der Waals surface area contributed by atoms with E-state index >= 15 is 0 Å². The Morgan fingerprint density at radius 3 is 2.89 bits per heavy atom. The third kappa shape index (κ3) is 2.29. The predicted octanol–water partition coefficient (Wildman–Crippen LogP) is 3.72. The number of halogens is 1. The van der Waals surface area contributed by atoms with Gasteiger partial charge in [0.2, 0.25) is 0 Å². The van der Waals surface area contributed by atoms with Gasteiger partial charge in [-0.2, -0.15) is 0 Å². The summed E-state index contributed by atoms with van der Waals surface area (Å²) in [5, 5.41) is 11.2. The Hall–Kier alpha value is -0.570. The zero-order valence-corrected chi connectivity index (χ0v) is 11.2. The number of ether oxygens (including phenoxy) is 1. The van der Waals surface area contributed by atoms with E-state index in [0.717, 1.165) is 37.9 Å². The maximum atomic E-state index is 10.5. The number of hydrogen-bond donors (Lipinski definition) is 1. The van der Waals surface area contributed by atoms with E-state index in [2.05, 4.69) is 0 Å². The highest BCUT2D eigenvalue weighted by Crippen LogP contribution is 2.47. The highest BCUT2D eigenvalue weighted by molar-refractivity contribution is 6.30. The Morgan fingerprint density at radius 1 is 1.39 bits per heavy atom. The molecule has 2 aliphatic rings. The maximum absolute atomic E-state index is 10.5. The van der Waals surface area contributed by atoms with Crippen molar-refractivity contribution in [3.05, 3.63) is 34.9 Å². The summed E-state index contributed by atoms with van der Waals surface area (Å²) in [5.41, 5.74) is 1.02. The van der Waals surface area contributed by atoms with Crippen LogP contribution in [-0.2, 0) is 4.74 Å². The second-order valence-electron chi connectivity index (χ2n) is 5.64. The Kier molecular flexibility index (Phi) is 3.35. The van der Waals surface area contributed by atoms with E-state index in [1.165, 1.54) is 6.42 Å². The van der Waals surface area contributed by atoms with Gasteiger partial charge in [0.1, 0.15) is 0 Å². The van der Waals surface area contributed by atoms with Gasteiger partial charge in [0, 0.05) is 11.6 Å². The largest absolute Gasteiger partial charge is 0.388 e. The molecule has 1 aliphatic carbocycles. The molecule has 2 atom stereocenters. The third-order valence-electron chi connectivity index (χ3n) is 4.43. The standard InChI is InChI=1S/C15H19ClO2/c16-13-4-1-3-11(9-13)14(17)12-5-8-18-15(10-12)6-2-7-15/h1,3-4,9,12,14,17H,2,5-8,10H2. The van der Waals surface area contributed by atoms with Crippen molar-refractivity contribution in [3.63, 3.8) is 0 Å². The molecule has 2 unspecified atom stereocenters. The molecule has 1 aromatic rings. The molecule has 1 spiro atoms. The molecule has 0 radical (unpaired) electrons. The van der Waals surface area contributed by atoms with Gasteiger partial charge in [0.25, 0.3) is 0 Å². The van der Waals surface area contributed by atoms with Crippen LogP contribution in [0, 0.1) is 5.92 Å². The second-order valence-corrected chi connectivity index (χ2v) is 6.07. The number of benzene rings is 1. The fourth-order valence-electron chi connectivity index (χ4n) is 3.22. The van der Waals surface area contributed by atoms with Gasteiger partial charge in [-0.1, -0.05) is 23.7 Å². The molecular weight excluding hydrogens is 248 g/mol. The molecule has 2 fully saturated rings. The normalized spacial score (nSPS) is 27.8. The lowest BCUT2D eigenvalue weighted by molar-refractivity contribution is -0.157. The first kappa shape index (κ1) is 12.5. The first-order valence-corrected chi connectivity index (χ1v) is 7.14. The number of aliphatic hydroxyl groups is 1. The van der Waals surface area contributed by atoms with Gasteiger partial charge in [-0.15, -0.1) is 0 Å². The van der Waals surface area contributed by atoms with E-state index < -0.39 is 6.10 Å². The van der Waals surface area contributed by atoms with Crippen molar-refractivity contribution in [2.75, 3.05) is 6.61 Å². The lowest BCUT2D eigenvalue weighted by Crippen LogP contribution is -2.46. The summed E-state index contributed by atoms with van der Waals surface area (Å²) in [4.78, 5) is 0. The predicted molar refractivity (Wildman–Crippen MR) is 71.7 cm³/mol. The minimum atomic E-state index is -0.412. The molecule has 0 amide bonds. The molecule has 1 saturated heterocycles. The molecule has 1 aliphatic heterocycles. The quantitative estimate of drug-likeness (QED) is 0.884. The van der Waals surface area contributed by atoms with Gasteiger partial charge in [0.05, 0.1) is 11.7 Å². The Balaban J connectivity index is 1.73. The Bertz CT molecular complexity index is 428. The van der Waals surface area contributed by atoms with E-state index in [9.17, 15) is 5.11 Å². The van der Waals surface area contributed by atoms with Gasteiger partial charge in [-0.05, 0) is 55.7 Å². The van der Waals surface area contributed by atoms with Crippen LogP contribution in [0.1, 0.15) is 43.8 Å². The molecule has 1 heterocycles. The van der Waals surface area contributed by atoms with Gasteiger partial charge in [-0.3, -0.25) is 0 Å². The van der Waals surface area contributed by atoms with E-state index in [0.29, 0.717) is 10.9 Å². The smallest absolute Gasteiger partial charge is 0.0820 e. The van der Waals surface area contributed by atoms with Crippen molar-refractivity contribution < 1.29 is 9.84 Å². The summed E-state index contributed by atoms with van der Waals surface area (Å²) in [6.45, 7) is 0.780. The van der Waals surface area contributed by atoms with Gasteiger partial charge in [-0.25, -0.2) is 0 Å². The minimum absolute atomic E-state index is 0.0858. The first-order valence-electron chi connectivity index (χ1n) is 6.76. The van der Waals surface area contributed by atoms with Crippen LogP contribution in [-0.4, -0.2) is 17.3 Å². The summed E-state index contributed by atoms with van der Waals surface area (Å²) < 4.78 is 5.90. The minimum Gasteiger partial charge on any atom is -0.388 e. The highest BCUT2D eigenvalue weighted by atomic mass is 35.5. The zero-order chi connectivity index (χ0) is 12.6. The number of aliphatic hydroxyl groups excluding tert-OH is 1. The van der Waals surface area contributed by atoms with Crippen LogP contribution in [0.15, 0.2) is 24.3 Å². The second kappa shape index (κ2) is 4.84. The molecule has 0 aromatic heterocycles. The summed E-state index contributed by atoms with van der Waals surface area (Å²) in [7, 11) is 0. The average Bonchev–Trinajstić information content (AvgIpc) is 2.36. The molecule has 0 bridgehead atoms. The SMILES string of the molecule is OC(c1cccc(Cl)c1)C1CCOC2(CCC2)C1. The van der Waals surface area contributed by atoms with Crippen molar-refractivity contribution in [2.24, 2.45) is 5.92 Å². The van der Waals surface area contributed by atoms with Crippen LogP contribution < -0.4 is 0 Å². The Morgan fingerprint density at radius 2 is 2.22 bits per heavy atom. The van der Waals surface area contributed by atoms with Gasteiger partial charge in [0.15, 0.2) is 0 Å². The maximum Gasteiger partial charge on any atom is 0.0820 e. The fourth-order valence-corrected chi connectivity index (χ4v) is 3.42. The molecular formula is C15H19ClO2. The van der Waals surface area contributed by atoms with Crippen LogP contribution in [0.2, 0.25) is 5.02 Å². The van der Waals surface area contributed by atoms with Crippen molar-refractivity contribution in [2.45, 2.75) is 43.8 Å². The number of rotatable bonds is 2. The molecule has 1 N–H and O–H groups in total. The van der Waals surface area contributed by atoms with E-state index in [4.69, 9.17) is 16.3 Å². The molecule has 18 heavy (non-hydrogen) atoms. The average molecular weight is 267 g/mol. The lowest BCUT2D eigenvalue weighted by Gasteiger charge is -2.48. The third-order valence-corrected chi connectivity index (χ3v) is 4.67. The molecule has 1 saturated carbocycles. The molecule has 3 rings (SSSR count). The molecule has 2 nitrogen and oxygen atoms in total. The Labute approximate surface area is 113 Å². The summed E-state index contributed by atoms with van der Waals surface area (Å²) in [5.74, 6) is 0.303. The van der Waals surface area contributed by atoms with E-state index in [-0.39, 0.29) is 5.60 Å². The topological polar surface area (TPSA) is 29.5 Å². The lowest BCUT2D eigenvalue weighted by atomic mass is 9.70. The van der Waals surface area contributed by atoms with Crippen molar-refractivity contribution in [1.82, 2.24) is 0 Å². The highest BCUT2D eigenvalue weighted by Gasteiger charge is 2.44. The summed E-state index contributed by atoms with van der Waals surface area (Å²) in [6, 6.07) is 7.57. The monoisotopic (exact) mass is 266 g/mol. The van der Waals surface area contributed by atoms with Gasteiger partial charge >= 0.3 is 0 Å². The molecule has 3 heteroatoms. The van der Waals surface area contributed by atoms with Crippen LogP contribution in [0.25, 0.3) is 0 Å². The zero-order valence-electron chi connectivity index (χ0n) is 10.4. The van der Waals surface area contributed by atoms with Crippen molar-refractivity contribution in [1.29, 1.82) is 0 Å². The van der Waals surface area contributed by atoms with Crippen LogP contribution >= 0.6 is 11.6 Å².